The Bertz CT molecular complexity index is 4710. The minimum Gasteiger partial charge on any atom is -0.338 e. The van der Waals surface area contributed by atoms with E-state index in [-0.39, 0.29) is 17.5 Å². The van der Waals surface area contributed by atoms with Crippen LogP contribution in [0.3, 0.4) is 0 Å². The van der Waals surface area contributed by atoms with E-state index in [4.69, 9.17) is 9.97 Å². The molecule has 0 amide bonds. The van der Waals surface area contributed by atoms with Crippen LogP contribution in [-0.2, 0) is 23.9 Å². The maximum absolute atomic E-state index is 4.95. The Hall–Kier alpha value is -10.8. The Balaban J connectivity index is 1.04. The van der Waals surface area contributed by atoms with Gasteiger partial charge >= 0.3 is 0 Å². The highest BCUT2D eigenvalue weighted by Gasteiger charge is 2.44. The third-order valence-corrected chi connectivity index (χ3v) is 19.3. The van der Waals surface area contributed by atoms with Crippen molar-refractivity contribution in [3.63, 3.8) is 0 Å². The Morgan fingerprint density at radius 1 is 0.315 bits per heavy atom. The van der Waals surface area contributed by atoms with E-state index in [0.29, 0.717) is 13.1 Å². The Kier molecular flexibility index (Phi) is 13.9. The zero-order chi connectivity index (χ0) is 62.2. The topological polar surface area (TPSA) is 37.2 Å². The number of fused-ring (bicyclic) bond motifs is 7. The van der Waals surface area contributed by atoms with Gasteiger partial charge in [-0.05, 0) is 154 Å². The molecule has 0 atom stereocenters. The van der Waals surface area contributed by atoms with Crippen molar-refractivity contribution in [1.29, 1.82) is 0 Å². The molecule has 6 heteroatoms. The van der Waals surface area contributed by atoms with Crippen molar-refractivity contribution in [2.24, 2.45) is 0 Å². The average Bonchev–Trinajstić information content (AvgIpc) is 0.874. The summed E-state index contributed by atoms with van der Waals surface area (Å²) in [4.78, 5) is 15.3. The lowest BCUT2D eigenvalue weighted by molar-refractivity contribution is 0.587. The van der Waals surface area contributed by atoms with Crippen LogP contribution in [0.15, 0.2) is 292 Å². The summed E-state index contributed by atoms with van der Waals surface area (Å²) in [6.07, 6.45) is 8.17. The van der Waals surface area contributed by atoms with Crippen LogP contribution in [0.4, 0.5) is 22.7 Å². The first-order chi connectivity index (χ1) is 44.9. The van der Waals surface area contributed by atoms with Crippen LogP contribution >= 0.6 is 0 Å². The number of benzene rings is 11. The molecule has 0 bridgehead atoms. The number of anilines is 4. The number of rotatable bonds is 11. The second kappa shape index (κ2) is 22.6. The molecule has 5 nitrogen and oxygen atoms in total. The smallest absolute Gasteiger partial charge is 0.252 e. The first kappa shape index (κ1) is 56.4. The van der Waals surface area contributed by atoms with E-state index in [1.54, 1.807) is 0 Å². The fraction of sp³-hybridized carbons (Fsp3) is 0.116. The van der Waals surface area contributed by atoms with Crippen molar-refractivity contribution >= 4 is 67.7 Å². The molecule has 14 aromatic rings. The molecule has 5 heterocycles. The number of nitrogens with zero attached hydrogens (tertiary/aromatic N) is 5. The van der Waals surface area contributed by atoms with E-state index >= 15 is 0 Å². The van der Waals surface area contributed by atoms with Crippen molar-refractivity contribution in [2.45, 2.75) is 65.5 Å². The molecule has 3 aromatic heterocycles. The normalized spacial score (nSPS) is 12.7. The zero-order valence-corrected chi connectivity index (χ0v) is 52.9. The predicted molar refractivity (Wildman–Crippen MR) is 388 cm³/mol. The van der Waals surface area contributed by atoms with Gasteiger partial charge in [-0.2, -0.15) is 0 Å². The highest BCUT2D eigenvalue weighted by Crippen LogP contribution is 2.47. The van der Waals surface area contributed by atoms with Crippen molar-refractivity contribution < 1.29 is 0 Å². The Labute approximate surface area is 540 Å². The van der Waals surface area contributed by atoms with Crippen LogP contribution < -0.4 is 26.2 Å². The quantitative estimate of drug-likeness (QED) is 0.121. The molecule has 442 valence electrons. The largest absolute Gasteiger partial charge is 0.338 e. The Morgan fingerprint density at radius 3 is 1.04 bits per heavy atom. The molecule has 0 aliphatic carbocycles. The van der Waals surface area contributed by atoms with Gasteiger partial charge in [-0.25, -0.2) is 0 Å². The maximum Gasteiger partial charge on any atom is 0.252 e. The molecule has 0 radical (unpaired) electrons. The first-order valence-corrected chi connectivity index (χ1v) is 32.3. The lowest BCUT2D eigenvalue weighted by atomic mass is 9.33. The summed E-state index contributed by atoms with van der Waals surface area (Å²) in [6, 6.07) is 99.9. The van der Waals surface area contributed by atoms with E-state index in [2.05, 4.69) is 335 Å². The Morgan fingerprint density at radius 2 is 0.674 bits per heavy atom. The standard InChI is InChI=1S/C86H70BN5/c1-85(2,3)65-45-63(51-88-53-65)61-41-43-80-76(47-61)87-77-48-62(64-46-66(54-89-52-64)86(4,5)6)42-44-81(77)91(56-75-70(59-29-15-9-16-30-59)37-24-38-71(75)60-31-17-10-18-32-60)83-50-67(92-78-39-21-19-33-72(78)73-34-20-22-40-79(73)92)49-82(84(83)87)90(80)55-74-68(57-25-11-7-12-26-57)35-23-36-69(74)58-27-13-8-14-28-58/h7-54H,55-56H2,1-6H3. The van der Waals surface area contributed by atoms with Crippen LogP contribution in [-0.4, -0.2) is 21.2 Å². The molecule has 0 spiro atoms. The summed E-state index contributed by atoms with van der Waals surface area (Å²) in [7, 11) is 0. The number of hydrogen-bond acceptors (Lipinski definition) is 4. The SMILES string of the molecule is CC(C)(C)c1cncc(-c2ccc3c(c2)B2c4cc(-c5cncc(C(C)(C)C)c5)ccc4N(Cc4c(-c5ccccc5)cccc4-c4ccccc4)c4cc(-n5c6ccccc6c6ccccc65)cc(c42)N3Cc2c(-c3ccccc3)cccc2-c2ccccc2)c1. The summed E-state index contributed by atoms with van der Waals surface area (Å²) in [5.41, 5.74) is 30.6. The monoisotopic (exact) mass is 1180 g/mol. The fourth-order valence-electron chi connectivity index (χ4n) is 14.6. The van der Waals surface area contributed by atoms with Crippen molar-refractivity contribution in [3.8, 4) is 72.4 Å². The third-order valence-electron chi connectivity index (χ3n) is 19.3. The van der Waals surface area contributed by atoms with Gasteiger partial charge in [0.1, 0.15) is 0 Å². The molecule has 2 aliphatic heterocycles. The van der Waals surface area contributed by atoms with Gasteiger partial charge in [-0.3, -0.25) is 9.97 Å². The summed E-state index contributed by atoms with van der Waals surface area (Å²) in [5.74, 6) is 0. The molecule has 11 aromatic carbocycles. The van der Waals surface area contributed by atoms with Crippen molar-refractivity contribution in [1.82, 2.24) is 14.5 Å². The summed E-state index contributed by atoms with van der Waals surface area (Å²) < 4.78 is 2.52. The summed E-state index contributed by atoms with van der Waals surface area (Å²) in [6.45, 7) is 14.6. The van der Waals surface area contributed by atoms with Crippen molar-refractivity contribution in [2.75, 3.05) is 9.80 Å². The van der Waals surface area contributed by atoms with E-state index < -0.39 is 0 Å². The predicted octanol–water partition coefficient (Wildman–Crippen LogP) is 20.0. The van der Waals surface area contributed by atoms with Gasteiger partial charge in [0, 0.05) is 82.5 Å². The van der Waals surface area contributed by atoms with Crippen LogP contribution in [0.1, 0.15) is 63.8 Å². The van der Waals surface area contributed by atoms with Crippen LogP contribution in [0.5, 0.6) is 0 Å². The van der Waals surface area contributed by atoms with Gasteiger partial charge in [0.15, 0.2) is 0 Å². The van der Waals surface area contributed by atoms with Crippen LogP contribution in [0, 0.1) is 0 Å². The first-order valence-electron chi connectivity index (χ1n) is 32.3. The number of aromatic nitrogens is 3. The van der Waals surface area contributed by atoms with Gasteiger partial charge in [0.25, 0.3) is 6.71 Å². The summed E-state index contributed by atoms with van der Waals surface area (Å²) in [5, 5.41) is 2.45. The van der Waals surface area contributed by atoms with E-state index in [9.17, 15) is 0 Å². The molecule has 0 unspecified atom stereocenters. The molecule has 16 rings (SSSR count). The lowest BCUT2D eigenvalue weighted by Crippen LogP contribution is -2.62. The highest BCUT2D eigenvalue weighted by atomic mass is 15.2. The molecule has 0 fully saturated rings. The van der Waals surface area contributed by atoms with Gasteiger partial charge < -0.3 is 14.4 Å². The van der Waals surface area contributed by atoms with Gasteiger partial charge in [0.2, 0.25) is 0 Å². The molecule has 0 N–H and O–H groups in total. The van der Waals surface area contributed by atoms with E-state index in [1.165, 1.54) is 117 Å². The van der Waals surface area contributed by atoms with Gasteiger partial charge in [-0.1, -0.05) is 260 Å². The zero-order valence-electron chi connectivity index (χ0n) is 52.9. The lowest BCUT2D eigenvalue weighted by Gasteiger charge is -2.45. The average molecular weight is 1180 g/mol. The molecule has 0 saturated heterocycles. The molecule has 92 heavy (non-hydrogen) atoms. The van der Waals surface area contributed by atoms with E-state index in [0.717, 1.165) is 39.0 Å². The molecular formula is C86H70BN5. The minimum atomic E-state index is -0.210. The number of para-hydroxylation sites is 2. The molecule has 0 saturated carbocycles. The summed E-state index contributed by atoms with van der Waals surface area (Å²) >= 11 is 0. The highest BCUT2D eigenvalue weighted by molar-refractivity contribution is 7.00. The fourth-order valence-corrected chi connectivity index (χ4v) is 14.6. The number of hydrogen-bond donors (Lipinski definition) is 0. The minimum absolute atomic E-state index is 0.0979. The van der Waals surface area contributed by atoms with Crippen LogP contribution in [0.25, 0.3) is 94.3 Å². The molecular weight excluding hydrogens is 1110 g/mol. The van der Waals surface area contributed by atoms with Gasteiger partial charge in [-0.15, -0.1) is 0 Å². The number of pyridine rings is 2. The van der Waals surface area contributed by atoms with Crippen molar-refractivity contribution in [3.05, 3.63) is 314 Å². The molecule has 2 aliphatic rings. The third kappa shape index (κ3) is 9.89. The van der Waals surface area contributed by atoms with Crippen LogP contribution in [0.2, 0.25) is 0 Å². The van der Waals surface area contributed by atoms with E-state index in [1.807, 2.05) is 12.4 Å². The second-order valence-electron chi connectivity index (χ2n) is 27.0. The maximum atomic E-state index is 4.95. The van der Waals surface area contributed by atoms with Gasteiger partial charge in [0.05, 0.1) is 16.7 Å². The second-order valence-corrected chi connectivity index (χ2v) is 27.0.